The van der Waals surface area contributed by atoms with E-state index in [4.69, 9.17) is 9.72 Å². The average Bonchev–Trinajstić information content (AvgIpc) is 3.38. The largest absolute Gasteiger partial charge is 0.492 e. The molecule has 0 aliphatic carbocycles. The quantitative estimate of drug-likeness (QED) is 0.305. The van der Waals surface area contributed by atoms with Crippen molar-refractivity contribution in [2.45, 2.75) is 31.2 Å². The zero-order valence-electron chi connectivity index (χ0n) is 20.6. The molecule has 3 aromatic carbocycles. The van der Waals surface area contributed by atoms with Gasteiger partial charge < -0.3 is 4.74 Å². The van der Waals surface area contributed by atoms with Crippen molar-refractivity contribution >= 4 is 42.6 Å². The van der Waals surface area contributed by atoms with Gasteiger partial charge in [0.15, 0.2) is 5.13 Å². The molecular formula is C28H29N3O4S2. The molecule has 4 aromatic rings. The van der Waals surface area contributed by atoms with Crippen LogP contribution < -0.4 is 9.64 Å². The molecule has 0 spiro atoms. The Bertz CT molecular complexity index is 1470. The Morgan fingerprint density at radius 2 is 1.78 bits per heavy atom. The SMILES string of the molecule is CCOc1cccc2sc(N(Cc3ccccc3)C(=O)C3CCCN(S(=O)(=O)c4ccccc4)C3)nc12. The highest BCUT2D eigenvalue weighted by molar-refractivity contribution is 7.89. The number of rotatable bonds is 8. The Morgan fingerprint density at radius 3 is 2.51 bits per heavy atom. The fourth-order valence-electron chi connectivity index (χ4n) is 4.63. The van der Waals surface area contributed by atoms with Crippen molar-refractivity contribution in [3.05, 3.63) is 84.4 Å². The number of carbonyl (C=O) groups excluding carboxylic acids is 1. The average molecular weight is 536 g/mol. The van der Waals surface area contributed by atoms with Crippen LogP contribution in [0.5, 0.6) is 5.75 Å². The number of thiazole rings is 1. The Morgan fingerprint density at radius 1 is 1.05 bits per heavy atom. The van der Waals surface area contributed by atoms with E-state index in [1.807, 2.05) is 55.5 Å². The van der Waals surface area contributed by atoms with Crippen LogP contribution in [-0.2, 0) is 21.4 Å². The predicted octanol–water partition coefficient (Wildman–Crippen LogP) is 5.33. The summed E-state index contributed by atoms with van der Waals surface area (Å²) in [5.74, 6) is 0.107. The fraction of sp³-hybridized carbons (Fsp3) is 0.286. The van der Waals surface area contributed by atoms with Crippen molar-refractivity contribution in [1.82, 2.24) is 9.29 Å². The summed E-state index contributed by atoms with van der Waals surface area (Å²) in [4.78, 5) is 20.8. The minimum Gasteiger partial charge on any atom is -0.492 e. The Labute approximate surface area is 221 Å². The van der Waals surface area contributed by atoms with E-state index in [2.05, 4.69) is 0 Å². The lowest BCUT2D eigenvalue weighted by Gasteiger charge is -2.33. The van der Waals surface area contributed by atoms with E-state index < -0.39 is 15.9 Å². The van der Waals surface area contributed by atoms with E-state index in [0.717, 1.165) is 15.8 Å². The van der Waals surface area contributed by atoms with E-state index >= 15 is 0 Å². The van der Waals surface area contributed by atoms with Crippen LogP contribution in [0.25, 0.3) is 10.2 Å². The lowest BCUT2D eigenvalue weighted by molar-refractivity contribution is -0.123. The zero-order chi connectivity index (χ0) is 25.8. The van der Waals surface area contributed by atoms with Gasteiger partial charge in [0.2, 0.25) is 15.9 Å². The number of hydrogen-bond donors (Lipinski definition) is 0. The van der Waals surface area contributed by atoms with Crippen LogP contribution in [0.1, 0.15) is 25.3 Å². The van der Waals surface area contributed by atoms with Gasteiger partial charge in [0.1, 0.15) is 11.3 Å². The third-order valence-corrected chi connectivity index (χ3v) is 9.39. The number of benzene rings is 3. The number of anilines is 1. The van der Waals surface area contributed by atoms with Crippen LogP contribution in [0.2, 0.25) is 0 Å². The number of amides is 1. The van der Waals surface area contributed by atoms with Crippen LogP contribution in [0.4, 0.5) is 5.13 Å². The van der Waals surface area contributed by atoms with Crippen LogP contribution in [-0.4, -0.2) is 43.3 Å². The molecule has 0 bridgehead atoms. The van der Waals surface area contributed by atoms with Crippen molar-refractivity contribution in [2.24, 2.45) is 5.92 Å². The third kappa shape index (κ3) is 5.39. The van der Waals surface area contributed by atoms with Gasteiger partial charge in [-0.15, -0.1) is 0 Å². The molecule has 192 valence electrons. The van der Waals surface area contributed by atoms with Crippen LogP contribution in [0.15, 0.2) is 83.8 Å². The fourth-order valence-corrected chi connectivity index (χ4v) is 7.16. The molecule has 37 heavy (non-hydrogen) atoms. The minimum atomic E-state index is -3.68. The molecule has 7 nitrogen and oxygen atoms in total. The van der Waals surface area contributed by atoms with Crippen molar-refractivity contribution in [3.8, 4) is 5.75 Å². The van der Waals surface area contributed by atoms with Gasteiger partial charge >= 0.3 is 0 Å². The highest BCUT2D eigenvalue weighted by Gasteiger charge is 2.36. The maximum Gasteiger partial charge on any atom is 0.243 e. The molecule has 9 heteroatoms. The monoisotopic (exact) mass is 535 g/mol. The molecule has 1 aliphatic heterocycles. The number of piperidine rings is 1. The smallest absolute Gasteiger partial charge is 0.243 e. The summed E-state index contributed by atoms with van der Waals surface area (Å²) in [5, 5.41) is 0.582. The zero-order valence-corrected chi connectivity index (χ0v) is 22.2. The maximum absolute atomic E-state index is 14.0. The number of para-hydroxylation sites is 1. The molecule has 0 saturated carbocycles. The highest BCUT2D eigenvalue weighted by atomic mass is 32.2. The summed E-state index contributed by atoms with van der Waals surface area (Å²) in [7, 11) is -3.68. The molecule has 0 N–H and O–H groups in total. The van der Waals surface area contributed by atoms with Gasteiger partial charge in [-0.25, -0.2) is 13.4 Å². The molecule has 5 rings (SSSR count). The normalized spacial score (nSPS) is 16.5. The second kappa shape index (κ2) is 11.0. The number of hydrogen-bond acceptors (Lipinski definition) is 6. The first-order valence-corrected chi connectivity index (χ1v) is 14.7. The van der Waals surface area contributed by atoms with Crippen molar-refractivity contribution in [2.75, 3.05) is 24.6 Å². The van der Waals surface area contributed by atoms with Gasteiger partial charge in [0.25, 0.3) is 0 Å². The number of carbonyl (C=O) groups is 1. The first-order valence-electron chi connectivity index (χ1n) is 12.4. The number of fused-ring (bicyclic) bond motifs is 1. The molecule has 1 aliphatic rings. The van der Waals surface area contributed by atoms with Crippen LogP contribution in [0.3, 0.4) is 0 Å². The van der Waals surface area contributed by atoms with Gasteiger partial charge in [-0.3, -0.25) is 9.69 Å². The van der Waals surface area contributed by atoms with E-state index in [1.165, 1.54) is 15.6 Å². The molecule has 1 amide bonds. The highest BCUT2D eigenvalue weighted by Crippen LogP contribution is 2.36. The molecule has 1 saturated heterocycles. The summed E-state index contributed by atoms with van der Waals surface area (Å²) in [6.07, 6.45) is 1.25. The van der Waals surface area contributed by atoms with E-state index in [-0.39, 0.29) is 17.3 Å². The second-order valence-electron chi connectivity index (χ2n) is 8.96. The minimum absolute atomic E-state index is 0.117. The first kappa shape index (κ1) is 25.4. The standard InChI is InChI=1S/C28H29N3O4S2/c1-2-35-24-16-9-17-25-26(24)29-28(36-25)31(19-21-11-5-3-6-12-21)27(32)22-13-10-18-30(20-22)37(33,34)23-14-7-4-8-15-23/h3-9,11-12,14-17,22H,2,10,13,18-20H2,1H3. The maximum atomic E-state index is 14.0. The van der Waals surface area contributed by atoms with Crippen molar-refractivity contribution < 1.29 is 17.9 Å². The summed E-state index contributed by atoms with van der Waals surface area (Å²) in [6.45, 7) is 3.35. The molecule has 1 atom stereocenters. The number of sulfonamides is 1. The van der Waals surface area contributed by atoms with E-state index in [0.29, 0.717) is 43.4 Å². The topological polar surface area (TPSA) is 79.8 Å². The lowest BCUT2D eigenvalue weighted by Crippen LogP contribution is -2.46. The van der Waals surface area contributed by atoms with Gasteiger partial charge in [-0.05, 0) is 49.6 Å². The number of nitrogens with zero attached hydrogens (tertiary/aromatic N) is 3. The molecule has 1 aromatic heterocycles. The van der Waals surface area contributed by atoms with E-state index in [9.17, 15) is 13.2 Å². The Hall–Kier alpha value is -3.27. The molecular weight excluding hydrogens is 506 g/mol. The molecule has 1 fully saturated rings. The van der Waals surface area contributed by atoms with Gasteiger partial charge in [-0.1, -0.05) is 65.9 Å². The van der Waals surface area contributed by atoms with Crippen molar-refractivity contribution in [3.63, 3.8) is 0 Å². The third-order valence-electron chi connectivity index (χ3n) is 6.47. The van der Waals surface area contributed by atoms with Crippen LogP contribution in [0, 0.1) is 5.92 Å². The van der Waals surface area contributed by atoms with Gasteiger partial charge in [0.05, 0.1) is 28.7 Å². The molecule has 0 radical (unpaired) electrons. The first-order chi connectivity index (χ1) is 18.0. The molecule has 2 heterocycles. The van der Waals surface area contributed by atoms with E-state index in [1.54, 1.807) is 35.2 Å². The summed E-state index contributed by atoms with van der Waals surface area (Å²) in [5.41, 5.74) is 1.71. The Balaban J connectivity index is 1.47. The molecule has 1 unspecified atom stereocenters. The van der Waals surface area contributed by atoms with Crippen LogP contribution >= 0.6 is 11.3 Å². The number of ether oxygens (including phenoxy) is 1. The summed E-state index contributed by atoms with van der Waals surface area (Å²) < 4.78 is 34.7. The lowest BCUT2D eigenvalue weighted by atomic mass is 9.98. The van der Waals surface area contributed by atoms with Gasteiger partial charge in [0, 0.05) is 13.1 Å². The Kier molecular flexibility index (Phi) is 7.55. The summed E-state index contributed by atoms with van der Waals surface area (Å²) in [6, 6.07) is 24.0. The second-order valence-corrected chi connectivity index (χ2v) is 11.9. The summed E-state index contributed by atoms with van der Waals surface area (Å²) >= 11 is 1.44. The van der Waals surface area contributed by atoms with Crippen molar-refractivity contribution in [1.29, 1.82) is 0 Å². The van der Waals surface area contributed by atoms with Gasteiger partial charge in [-0.2, -0.15) is 4.31 Å². The number of aromatic nitrogens is 1. The predicted molar refractivity (Wildman–Crippen MR) is 146 cm³/mol.